The summed E-state index contributed by atoms with van der Waals surface area (Å²) in [4.78, 5) is 12.8. The highest BCUT2D eigenvalue weighted by atomic mass is 16.5. The molecule has 0 radical (unpaired) electrons. The Kier molecular flexibility index (Phi) is 1.37. The molecule has 0 unspecified atom stereocenters. The molecule has 0 aromatic carbocycles. The van der Waals surface area contributed by atoms with Crippen LogP contribution in [0, 0.1) is 0 Å². The highest BCUT2D eigenvalue weighted by Gasteiger charge is 2.18. The summed E-state index contributed by atoms with van der Waals surface area (Å²) in [5, 5.41) is 3.42. The topological polar surface area (TPSA) is 84.9 Å². The van der Waals surface area contributed by atoms with E-state index in [4.69, 9.17) is 5.73 Å². The first-order valence-corrected chi connectivity index (χ1v) is 2.85. The van der Waals surface area contributed by atoms with Gasteiger partial charge in [-0.3, -0.25) is 9.51 Å². The smallest absolute Gasteiger partial charge is 0.319 e. The Hall–Kier alpha value is -1.10. The van der Waals surface area contributed by atoms with E-state index in [1.807, 2.05) is 0 Å². The van der Waals surface area contributed by atoms with Crippen LogP contribution in [0.15, 0.2) is 9.32 Å². The van der Waals surface area contributed by atoms with Crippen molar-refractivity contribution in [2.24, 2.45) is 5.73 Å². The van der Waals surface area contributed by atoms with Crippen molar-refractivity contribution in [3.05, 3.63) is 16.4 Å². The van der Waals surface area contributed by atoms with Gasteiger partial charge < -0.3 is 5.73 Å². The molecule has 0 spiro atoms. The Bertz CT molecular complexity index is 267. The molecule has 0 aliphatic rings. The van der Waals surface area contributed by atoms with Crippen LogP contribution in [0.5, 0.6) is 0 Å². The van der Waals surface area contributed by atoms with E-state index in [1.165, 1.54) is 0 Å². The Balaban J connectivity index is 3.07. The zero-order chi connectivity index (χ0) is 7.78. The van der Waals surface area contributed by atoms with Crippen LogP contribution in [-0.4, -0.2) is 10.1 Å². The zero-order valence-electron chi connectivity index (χ0n) is 5.84. The fraction of sp³-hybridized carbons (Fsp3) is 0.600. The lowest BCUT2D eigenvalue weighted by Crippen LogP contribution is -2.30. The second-order valence-electron chi connectivity index (χ2n) is 2.67. The van der Waals surface area contributed by atoms with E-state index in [0.717, 1.165) is 0 Å². The van der Waals surface area contributed by atoms with Gasteiger partial charge in [0.05, 0.1) is 5.54 Å². The van der Waals surface area contributed by atoms with Crippen molar-refractivity contribution in [1.82, 2.24) is 10.1 Å². The van der Waals surface area contributed by atoms with Crippen LogP contribution in [0.3, 0.4) is 0 Å². The van der Waals surface area contributed by atoms with Crippen LogP contribution >= 0.6 is 0 Å². The fourth-order valence-corrected chi connectivity index (χ4v) is 0.508. The average Bonchev–Trinajstić information content (AvgIpc) is 2.11. The molecule has 0 saturated carbocycles. The van der Waals surface area contributed by atoms with Gasteiger partial charge in [-0.2, -0.15) is 0 Å². The van der Waals surface area contributed by atoms with Crippen molar-refractivity contribution in [2.75, 3.05) is 0 Å². The molecule has 0 fully saturated rings. The Morgan fingerprint density at radius 2 is 2.30 bits per heavy atom. The molecule has 1 aromatic rings. The molecule has 10 heavy (non-hydrogen) atoms. The molecule has 5 heteroatoms. The third-order valence-electron chi connectivity index (χ3n) is 1.05. The van der Waals surface area contributed by atoms with Crippen molar-refractivity contribution < 1.29 is 4.52 Å². The van der Waals surface area contributed by atoms with E-state index in [0.29, 0.717) is 5.82 Å². The minimum atomic E-state index is -0.647. The van der Waals surface area contributed by atoms with Gasteiger partial charge in [-0.15, -0.1) is 0 Å². The first-order valence-electron chi connectivity index (χ1n) is 2.85. The Morgan fingerprint density at radius 1 is 1.70 bits per heavy atom. The summed E-state index contributed by atoms with van der Waals surface area (Å²) >= 11 is 0. The number of nitrogens with two attached hydrogens (primary N) is 1. The lowest BCUT2D eigenvalue weighted by atomic mass is 10.1. The first-order chi connectivity index (χ1) is 4.50. The summed E-state index contributed by atoms with van der Waals surface area (Å²) < 4.78 is 4.25. The predicted molar refractivity (Wildman–Crippen MR) is 34.3 cm³/mol. The van der Waals surface area contributed by atoms with Crippen LogP contribution in [0.4, 0.5) is 0 Å². The van der Waals surface area contributed by atoms with Gasteiger partial charge in [0.25, 0.3) is 0 Å². The van der Waals surface area contributed by atoms with Crippen LogP contribution < -0.4 is 11.5 Å². The molecule has 1 heterocycles. The molecule has 5 nitrogen and oxygen atoms in total. The maximum atomic E-state index is 10.4. The van der Waals surface area contributed by atoms with Gasteiger partial charge in [-0.05, 0) is 13.8 Å². The summed E-state index contributed by atoms with van der Waals surface area (Å²) in [5.74, 6) is -0.217. The van der Waals surface area contributed by atoms with E-state index in [-0.39, 0.29) is 0 Å². The van der Waals surface area contributed by atoms with Crippen molar-refractivity contribution in [1.29, 1.82) is 0 Å². The van der Waals surface area contributed by atoms with Crippen LogP contribution in [0.1, 0.15) is 19.7 Å². The van der Waals surface area contributed by atoms with Crippen LogP contribution in [0.2, 0.25) is 0 Å². The zero-order valence-corrected chi connectivity index (χ0v) is 5.84. The van der Waals surface area contributed by atoms with Crippen molar-refractivity contribution in [3.63, 3.8) is 0 Å². The van der Waals surface area contributed by atoms with Gasteiger partial charge in [0, 0.05) is 0 Å². The summed E-state index contributed by atoms with van der Waals surface area (Å²) in [6.07, 6.45) is 0. The molecule has 56 valence electrons. The third-order valence-corrected chi connectivity index (χ3v) is 1.05. The molecule has 0 saturated heterocycles. The van der Waals surface area contributed by atoms with Crippen molar-refractivity contribution >= 4 is 0 Å². The SMILES string of the molecule is CC(C)(N)c1noc(=O)[nH]1. The lowest BCUT2D eigenvalue weighted by molar-refractivity contribution is 0.366. The summed E-state index contributed by atoms with van der Waals surface area (Å²) in [6, 6.07) is 0. The Morgan fingerprint density at radius 3 is 2.50 bits per heavy atom. The molecule has 3 N–H and O–H groups in total. The third kappa shape index (κ3) is 1.24. The van der Waals surface area contributed by atoms with Crippen LogP contribution in [-0.2, 0) is 5.54 Å². The van der Waals surface area contributed by atoms with E-state index in [1.54, 1.807) is 13.8 Å². The van der Waals surface area contributed by atoms with Gasteiger partial charge in [0.2, 0.25) is 0 Å². The fourth-order valence-electron chi connectivity index (χ4n) is 0.508. The average molecular weight is 143 g/mol. The minimum Gasteiger partial charge on any atom is -0.319 e. The van der Waals surface area contributed by atoms with E-state index < -0.39 is 11.3 Å². The van der Waals surface area contributed by atoms with E-state index in [2.05, 4.69) is 14.7 Å². The number of nitrogens with one attached hydrogen (secondary N) is 1. The van der Waals surface area contributed by atoms with Gasteiger partial charge in [0.1, 0.15) is 0 Å². The maximum absolute atomic E-state index is 10.4. The van der Waals surface area contributed by atoms with E-state index >= 15 is 0 Å². The number of aromatic amines is 1. The molecule has 0 atom stereocenters. The van der Waals surface area contributed by atoms with Gasteiger partial charge in [0.15, 0.2) is 5.82 Å². The number of H-pyrrole nitrogens is 1. The normalized spacial score (nSPS) is 11.9. The lowest BCUT2D eigenvalue weighted by Gasteiger charge is -2.11. The predicted octanol–water partition coefficient (Wildman–Crippen LogP) is -0.443. The van der Waals surface area contributed by atoms with Crippen molar-refractivity contribution in [3.8, 4) is 0 Å². The second kappa shape index (κ2) is 1.95. The quantitative estimate of drug-likeness (QED) is 0.558. The summed E-state index contributed by atoms with van der Waals surface area (Å²) in [7, 11) is 0. The number of nitrogens with zero attached hydrogens (tertiary/aromatic N) is 1. The molecule has 0 aliphatic carbocycles. The van der Waals surface area contributed by atoms with E-state index in [9.17, 15) is 4.79 Å². The van der Waals surface area contributed by atoms with Gasteiger partial charge >= 0.3 is 5.76 Å². The molecule has 0 bridgehead atoms. The number of rotatable bonds is 1. The number of aromatic nitrogens is 2. The van der Waals surface area contributed by atoms with Gasteiger partial charge in [-0.25, -0.2) is 4.79 Å². The van der Waals surface area contributed by atoms with Crippen molar-refractivity contribution in [2.45, 2.75) is 19.4 Å². The Labute approximate surface area is 57.2 Å². The molecular formula is C5H9N3O2. The highest BCUT2D eigenvalue weighted by molar-refractivity contribution is 4.95. The summed E-state index contributed by atoms with van der Waals surface area (Å²) in [6.45, 7) is 3.45. The van der Waals surface area contributed by atoms with Gasteiger partial charge in [-0.1, -0.05) is 5.16 Å². The molecular weight excluding hydrogens is 134 g/mol. The summed E-state index contributed by atoms with van der Waals surface area (Å²) in [5.41, 5.74) is 4.93. The number of hydrogen-bond acceptors (Lipinski definition) is 4. The standard InChI is InChI=1S/C5H9N3O2/c1-5(2,6)3-7-4(9)10-8-3/h6H2,1-2H3,(H,7,8,9). The molecule has 0 aliphatic heterocycles. The highest BCUT2D eigenvalue weighted by Crippen LogP contribution is 2.07. The first kappa shape index (κ1) is 7.01. The minimum absolute atomic E-state index is 0.359. The number of hydrogen-bond donors (Lipinski definition) is 2. The molecule has 1 rings (SSSR count). The second-order valence-corrected chi connectivity index (χ2v) is 2.67. The largest absolute Gasteiger partial charge is 0.438 e. The molecule has 0 amide bonds. The molecule has 1 aromatic heterocycles. The monoisotopic (exact) mass is 143 g/mol. The maximum Gasteiger partial charge on any atom is 0.438 e. The van der Waals surface area contributed by atoms with Crippen LogP contribution in [0.25, 0.3) is 0 Å².